The molecule has 47 heavy (non-hydrogen) atoms. The number of nitrogens with zero attached hydrogens (tertiary/aromatic N) is 2. The molecule has 0 saturated heterocycles. The van der Waals surface area contributed by atoms with E-state index in [4.69, 9.17) is 23.2 Å². The summed E-state index contributed by atoms with van der Waals surface area (Å²) >= 11 is 12.6. The standard InChI is InChI=1S/C37H41Cl2N3O4S/c1-5-27(4)40-37(44)35(23-28-12-8-7-9-13-28)41(24-29-18-21-32(38)33(39)22-29)36(43)25-42(34-15-11-10-14-30(34)6-2)47(45,46)31-19-16-26(3)17-20-31/h7-22,27,35H,5-6,23-25H2,1-4H3,(H,40,44)/t27-,35+/m1/s1. The van der Waals surface area contributed by atoms with Crippen molar-refractivity contribution in [2.45, 2.75) is 70.5 Å². The summed E-state index contributed by atoms with van der Waals surface area (Å²) in [6.07, 6.45) is 1.46. The van der Waals surface area contributed by atoms with E-state index < -0.39 is 28.5 Å². The van der Waals surface area contributed by atoms with Gasteiger partial charge in [0.05, 0.1) is 20.6 Å². The topological polar surface area (TPSA) is 86.8 Å². The highest BCUT2D eigenvalue weighted by Gasteiger charge is 2.35. The minimum Gasteiger partial charge on any atom is -0.352 e. The van der Waals surface area contributed by atoms with Gasteiger partial charge in [-0.1, -0.05) is 109 Å². The molecule has 0 aliphatic rings. The van der Waals surface area contributed by atoms with Crippen molar-refractivity contribution in [3.63, 3.8) is 0 Å². The molecule has 0 spiro atoms. The summed E-state index contributed by atoms with van der Waals surface area (Å²) in [7, 11) is -4.20. The Labute approximate surface area is 288 Å². The average Bonchev–Trinajstić information content (AvgIpc) is 3.07. The quantitative estimate of drug-likeness (QED) is 0.147. The predicted molar refractivity (Wildman–Crippen MR) is 190 cm³/mol. The van der Waals surface area contributed by atoms with Crippen LogP contribution in [0.2, 0.25) is 10.0 Å². The zero-order valence-electron chi connectivity index (χ0n) is 27.1. The Hall–Kier alpha value is -3.85. The van der Waals surface area contributed by atoms with Gasteiger partial charge in [0.1, 0.15) is 12.6 Å². The second-order valence-corrected chi connectivity index (χ2v) is 14.3. The summed E-state index contributed by atoms with van der Waals surface area (Å²) in [5.74, 6) is -0.878. The smallest absolute Gasteiger partial charge is 0.264 e. The molecule has 0 radical (unpaired) electrons. The summed E-state index contributed by atoms with van der Waals surface area (Å²) in [4.78, 5) is 30.2. The molecule has 0 fully saturated rings. The molecule has 0 aliphatic carbocycles. The fourth-order valence-electron chi connectivity index (χ4n) is 5.23. The van der Waals surface area contributed by atoms with Crippen molar-refractivity contribution in [3.05, 3.63) is 129 Å². The number of hydrogen-bond donors (Lipinski definition) is 1. The van der Waals surface area contributed by atoms with Gasteiger partial charge in [-0.05, 0) is 73.7 Å². The minimum atomic E-state index is -4.20. The zero-order chi connectivity index (χ0) is 34.1. The number of carbonyl (C=O) groups excluding carboxylic acids is 2. The Kier molecular flexibility index (Phi) is 12.5. The van der Waals surface area contributed by atoms with Gasteiger partial charge in [0, 0.05) is 19.0 Å². The van der Waals surface area contributed by atoms with Gasteiger partial charge in [-0.2, -0.15) is 0 Å². The lowest BCUT2D eigenvalue weighted by molar-refractivity contribution is -0.140. The number of benzene rings is 4. The summed E-state index contributed by atoms with van der Waals surface area (Å²) in [6, 6.07) is 27.1. The second-order valence-electron chi connectivity index (χ2n) is 11.6. The number of aryl methyl sites for hydroxylation is 2. The third kappa shape index (κ3) is 9.15. The molecule has 0 aliphatic heterocycles. The van der Waals surface area contributed by atoms with E-state index in [9.17, 15) is 18.0 Å². The van der Waals surface area contributed by atoms with Gasteiger partial charge in [0.15, 0.2) is 0 Å². The number of hydrogen-bond acceptors (Lipinski definition) is 4. The Morgan fingerprint density at radius 2 is 1.49 bits per heavy atom. The lowest BCUT2D eigenvalue weighted by Gasteiger charge is -2.34. The lowest BCUT2D eigenvalue weighted by Crippen LogP contribution is -2.54. The Morgan fingerprint density at radius 1 is 0.830 bits per heavy atom. The second kappa shape index (κ2) is 16.3. The molecular formula is C37H41Cl2N3O4S. The number of nitrogens with one attached hydrogen (secondary N) is 1. The van der Waals surface area contributed by atoms with Gasteiger partial charge in [-0.3, -0.25) is 13.9 Å². The van der Waals surface area contributed by atoms with Gasteiger partial charge in [-0.15, -0.1) is 0 Å². The van der Waals surface area contributed by atoms with Crippen molar-refractivity contribution < 1.29 is 18.0 Å². The first-order chi connectivity index (χ1) is 22.4. The number of halogens is 2. The van der Waals surface area contributed by atoms with E-state index in [1.165, 1.54) is 4.90 Å². The molecule has 2 atom stereocenters. The van der Waals surface area contributed by atoms with Gasteiger partial charge in [0.2, 0.25) is 11.8 Å². The van der Waals surface area contributed by atoms with Crippen molar-refractivity contribution in [1.82, 2.24) is 10.2 Å². The number of amides is 2. The van der Waals surface area contributed by atoms with Crippen LogP contribution in [-0.2, 0) is 39.0 Å². The molecule has 0 bridgehead atoms. The first kappa shape index (κ1) is 36.0. The molecule has 7 nitrogen and oxygen atoms in total. The van der Waals surface area contributed by atoms with E-state index in [0.29, 0.717) is 34.1 Å². The summed E-state index contributed by atoms with van der Waals surface area (Å²) in [6.45, 7) is 7.14. The van der Waals surface area contributed by atoms with Crippen LogP contribution in [0.5, 0.6) is 0 Å². The molecule has 248 valence electrons. The third-order valence-corrected chi connectivity index (χ3v) is 10.7. The highest BCUT2D eigenvalue weighted by Crippen LogP contribution is 2.29. The van der Waals surface area contributed by atoms with Crippen LogP contribution in [0.15, 0.2) is 102 Å². The molecule has 2 amide bonds. The van der Waals surface area contributed by atoms with E-state index in [1.54, 1.807) is 54.6 Å². The van der Waals surface area contributed by atoms with E-state index in [1.807, 2.05) is 70.2 Å². The maximum atomic E-state index is 14.7. The highest BCUT2D eigenvalue weighted by molar-refractivity contribution is 7.92. The molecule has 10 heteroatoms. The normalized spacial score (nSPS) is 12.6. The maximum absolute atomic E-state index is 14.7. The third-order valence-electron chi connectivity index (χ3n) is 8.14. The monoisotopic (exact) mass is 693 g/mol. The van der Waals surface area contributed by atoms with Crippen molar-refractivity contribution in [1.29, 1.82) is 0 Å². The first-order valence-corrected chi connectivity index (χ1v) is 17.9. The Balaban J connectivity index is 1.85. The molecule has 0 aromatic heterocycles. The fourth-order valence-corrected chi connectivity index (χ4v) is 7.01. The van der Waals surface area contributed by atoms with Crippen LogP contribution in [0.4, 0.5) is 5.69 Å². The van der Waals surface area contributed by atoms with Crippen LogP contribution in [-0.4, -0.2) is 43.8 Å². The van der Waals surface area contributed by atoms with Gasteiger partial charge in [-0.25, -0.2) is 8.42 Å². The van der Waals surface area contributed by atoms with Crippen LogP contribution >= 0.6 is 23.2 Å². The van der Waals surface area contributed by atoms with Crippen LogP contribution < -0.4 is 9.62 Å². The van der Waals surface area contributed by atoms with Crippen molar-refractivity contribution in [2.24, 2.45) is 0 Å². The molecule has 0 saturated carbocycles. The van der Waals surface area contributed by atoms with Crippen molar-refractivity contribution >= 4 is 50.7 Å². The average molecular weight is 695 g/mol. The van der Waals surface area contributed by atoms with Crippen molar-refractivity contribution in [3.8, 4) is 0 Å². The Morgan fingerprint density at radius 3 is 2.13 bits per heavy atom. The predicted octanol–water partition coefficient (Wildman–Crippen LogP) is 7.61. The lowest BCUT2D eigenvalue weighted by atomic mass is 10.0. The minimum absolute atomic E-state index is 0.00497. The maximum Gasteiger partial charge on any atom is 0.264 e. The number of rotatable bonds is 14. The zero-order valence-corrected chi connectivity index (χ0v) is 29.4. The molecule has 1 N–H and O–H groups in total. The van der Waals surface area contributed by atoms with Gasteiger partial charge < -0.3 is 10.2 Å². The number of anilines is 1. The van der Waals surface area contributed by atoms with Crippen LogP contribution in [0.3, 0.4) is 0 Å². The Bertz CT molecular complexity index is 1780. The molecular weight excluding hydrogens is 653 g/mol. The molecule has 0 heterocycles. The molecule has 0 unspecified atom stereocenters. The fraction of sp³-hybridized carbons (Fsp3) is 0.297. The summed E-state index contributed by atoms with van der Waals surface area (Å²) in [5, 5.41) is 3.71. The molecule has 4 aromatic carbocycles. The van der Waals surface area contributed by atoms with E-state index in [2.05, 4.69) is 5.32 Å². The summed E-state index contributed by atoms with van der Waals surface area (Å²) in [5.41, 5.74) is 3.57. The number of carbonyl (C=O) groups is 2. The van der Waals surface area contributed by atoms with Crippen LogP contribution in [0, 0.1) is 6.92 Å². The van der Waals surface area contributed by atoms with Gasteiger partial charge in [0.25, 0.3) is 10.0 Å². The van der Waals surface area contributed by atoms with Crippen molar-refractivity contribution in [2.75, 3.05) is 10.8 Å². The molecule has 4 aromatic rings. The largest absolute Gasteiger partial charge is 0.352 e. The highest BCUT2D eigenvalue weighted by atomic mass is 35.5. The van der Waals surface area contributed by atoms with Crippen LogP contribution in [0.1, 0.15) is 49.4 Å². The first-order valence-electron chi connectivity index (χ1n) is 15.7. The van der Waals surface area contributed by atoms with E-state index in [-0.39, 0.29) is 29.8 Å². The van der Waals surface area contributed by atoms with E-state index >= 15 is 0 Å². The SMILES string of the molecule is CCc1ccccc1N(CC(=O)N(Cc1ccc(Cl)c(Cl)c1)[C@@H](Cc1ccccc1)C(=O)N[C@H](C)CC)S(=O)(=O)c1ccc(C)cc1. The summed E-state index contributed by atoms with van der Waals surface area (Å²) < 4.78 is 29.8. The number of para-hydroxylation sites is 1. The van der Waals surface area contributed by atoms with Gasteiger partial charge >= 0.3 is 0 Å². The van der Waals surface area contributed by atoms with E-state index in [0.717, 1.165) is 21.0 Å². The van der Waals surface area contributed by atoms with Crippen LogP contribution in [0.25, 0.3) is 0 Å². The number of sulfonamides is 1. The molecule has 4 rings (SSSR count).